The zero-order valence-electron chi connectivity index (χ0n) is 8.22. The Morgan fingerprint density at radius 2 is 2.00 bits per heavy atom. The summed E-state index contributed by atoms with van der Waals surface area (Å²) in [6.45, 7) is 0. The molecule has 0 saturated carbocycles. The molecule has 0 radical (unpaired) electrons. The Bertz CT molecular complexity index is 455. The fourth-order valence-electron chi connectivity index (χ4n) is 1.22. The SMILES string of the molecule is Br.O=C(Cc1nccs1)c1ccc(Cl)cc1. The van der Waals surface area contributed by atoms with Gasteiger partial charge in [-0.3, -0.25) is 4.79 Å². The smallest absolute Gasteiger partial charge is 0.169 e. The molecule has 0 spiro atoms. The van der Waals surface area contributed by atoms with Crippen LogP contribution in [0.1, 0.15) is 15.4 Å². The van der Waals surface area contributed by atoms with Crippen LogP contribution in [0.3, 0.4) is 0 Å². The van der Waals surface area contributed by atoms with E-state index < -0.39 is 0 Å². The maximum atomic E-state index is 11.7. The van der Waals surface area contributed by atoms with Crippen LogP contribution < -0.4 is 0 Å². The quantitative estimate of drug-likeness (QED) is 0.806. The van der Waals surface area contributed by atoms with Gasteiger partial charge in [-0.05, 0) is 24.3 Å². The van der Waals surface area contributed by atoms with E-state index in [-0.39, 0.29) is 22.8 Å². The predicted molar refractivity (Wildman–Crippen MR) is 71.9 cm³/mol. The van der Waals surface area contributed by atoms with Gasteiger partial charge in [0.15, 0.2) is 5.78 Å². The van der Waals surface area contributed by atoms with E-state index in [1.54, 1.807) is 30.5 Å². The highest BCUT2D eigenvalue weighted by atomic mass is 79.9. The third-order valence-electron chi connectivity index (χ3n) is 1.96. The first-order chi connectivity index (χ1) is 7.25. The van der Waals surface area contributed by atoms with Crippen LogP contribution in [0.5, 0.6) is 0 Å². The number of benzene rings is 1. The van der Waals surface area contributed by atoms with Crippen molar-refractivity contribution in [1.82, 2.24) is 4.98 Å². The Hall–Kier alpha value is -0.710. The van der Waals surface area contributed by atoms with Crippen LogP contribution in [0.25, 0.3) is 0 Å². The van der Waals surface area contributed by atoms with Gasteiger partial charge in [-0.2, -0.15) is 0 Å². The van der Waals surface area contributed by atoms with E-state index in [9.17, 15) is 4.79 Å². The molecular formula is C11H9BrClNOS. The van der Waals surface area contributed by atoms with Gasteiger partial charge in [0.05, 0.1) is 6.42 Å². The van der Waals surface area contributed by atoms with Gasteiger partial charge in [0, 0.05) is 22.2 Å². The summed E-state index contributed by atoms with van der Waals surface area (Å²) in [4.78, 5) is 15.8. The van der Waals surface area contributed by atoms with Crippen molar-refractivity contribution in [3.63, 3.8) is 0 Å². The highest BCUT2D eigenvalue weighted by Gasteiger charge is 2.08. The van der Waals surface area contributed by atoms with Crippen molar-refractivity contribution in [1.29, 1.82) is 0 Å². The number of hydrogen-bond acceptors (Lipinski definition) is 3. The lowest BCUT2D eigenvalue weighted by Crippen LogP contribution is -2.02. The molecule has 0 aliphatic carbocycles. The van der Waals surface area contributed by atoms with E-state index in [1.165, 1.54) is 11.3 Å². The van der Waals surface area contributed by atoms with Gasteiger partial charge >= 0.3 is 0 Å². The molecule has 5 heteroatoms. The Balaban J connectivity index is 0.00000128. The average molecular weight is 319 g/mol. The van der Waals surface area contributed by atoms with Gasteiger partial charge in [-0.25, -0.2) is 4.98 Å². The number of Topliss-reactive ketones (excluding diaryl/α,β-unsaturated/α-hetero) is 1. The normalized spacial score (nSPS) is 9.56. The minimum atomic E-state index is 0. The molecule has 0 N–H and O–H groups in total. The van der Waals surface area contributed by atoms with E-state index in [0.29, 0.717) is 17.0 Å². The summed E-state index contributed by atoms with van der Waals surface area (Å²) in [5.74, 6) is 0.0709. The molecule has 2 rings (SSSR count). The Morgan fingerprint density at radius 3 is 2.56 bits per heavy atom. The maximum Gasteiger partial charge on any atom is 0.169 e. The lowest BCUT2D eigenvalue weighted by Gasteiger charge is -1.98. The van der Waals surface area contributed by atoms with Crippen LogP contribution in [-0.2, 0) is 6.42 Å². The fourth-order valence-corrected chi connectivity index (χ4v) is 1.96. The van der Waals surface area contributed by atoms with Crippen molar-refractivity contribution < 1.29 is 4.79 Å². The molecule has 0 fully saturated rings. The van der Waals surface area contributed by atoms with Gasteiger partial charge in [0.25, 0.3) is 0 Å². The molecule has 0 aliphatic heterocycles. The van der Waals surface area contributed by atoms with Crippen LogP contribution in [0.4, 0.5) is 0 Å². The maximum absolute atomic E-state index is 11.7. The van der Waals surface area contributed by atoms with Crippen molar-refractivity contribution >= 4 is 45.7 Å². The van der Waals surface area contributed by atoms with E-state index >= 15 is 0 Å². The molecule has 16 heavy (non-hydrogen) atoms. The summed E-state index contributed by atoms with van der Waals surface area (Å²) in [5.41, 5.74) is 0.676. The molecule has 0 unspecified atom stereocenters. The number of aromatic nitrogens is 1. The first-order valence-corrected chi connectivity index (χ1v) is 5.68. The number of hydrogen-bond donors (Lipinski definition) is 0. The third kappa shape index (κ3) is 3.40. The molecule has 0 bridgehead atoms. The largest absolute Gasteiger partial charge is 0.294 e. The second-order valence-corrected chi connectivity index (χ2v) is 4.45. The fraction of sp³-hybridized carbons (Fsp3) is 0.0909. The zero-order valence-corrected chi connectivity index (χ0v) is 11.5. The first-order valence-electron chi connectivity index (χ1n) is 4.43. The molecule has 2 nitrogen and oxygen atoms in total. The lowest BCUT2D eigenvalue weighted by atomic mass is 10.1. The van der Waals surface area contributed by atoms with E-state index in [0.717, 1.165) is 5.01 Å². The molecule has 0 saturated heterocycles. The minimum Gasteiger partial charge on any atom is -0.294 e. The third-order valence-corrected chi connectivity index (χ3v) is 2.99. The second kappa shape index (κ2) is 6.13. The molecule has 1 aromatic heterocycles. The van der Waals surface area contributed by atoms with Crippen molar-refractivity contribution in [2.45, 2.75) is 6.42 Å². The van der Waals surface area contributed by atoms with Gasteiger partial charge in [-0.1, -0.05) is 11.6 Å². The molecule has 1 aromatic carbocycles. The second-order valence-electron chi connectivity index (χ2n) is 3.03. The van der Waals surface area contributed by atoms with E-state index in [1.807, 2.05) is 5.38 Å². The van der Waals surface area contributed by atoms with Crippen LogP contribution in [0.2, 0.25) is 5.02 Å². The highest BCUT2D eigenvalue weighted by molar-refractivity contribution is 8.93. The van der Waals surface area contributed by atoms with Gasteiger partial charge in [-0.15, -0.1) is 28.3 Å². The van der Waals surface area contributed by atoms with Crippen molar-refractivity contribution in [3.8, 4) is 0 Å². The number of thiazole rings is 1. The van der Waals surface area contributed by atoms with Crippen molar-refractivity contribution in [2.24, 2.45) is 0 Å². The monoisotopic (exact) mass is 317 g/mol. The van der Waals surface area contributed by atoms with Crippen LogP contribution >= 0.6 is 39.9 Å². The molecule has 0 atom stereocenters. The summed E-state index contributed by atoms with van der Waals surface area (Å²) >= 11 is 7.23. The molecule has 2 aromatic rings. The number of carbonyl (C=O) groups is 1. The summed E-state index contributed by atoms with van der Waals surface area (Å²) in [5, 5.41) is 3.35. The van der Waals surface area contributed by atoms with Gasteiger partial charge in [0.2, 0.25) is 0 Å². The van der Waals surface area contributed by atoms with E-state index in [4.69, 9.17) is 11.6 Å². The molecule has 84 valence electrons. The van der Waals surface area contributed by atoms with Crippen molar-refractivity contribution in [3.05, 3.63) is 51.4 Å². The summed E-state index contributed by atoms with van der Waals surface area (Å²) < 4.78 is 0. The number of halogens is 2. The highest BCUT2D eigenvalue weighted by Crippen LogP contribution is 2.13. The Morgan fingerprint density at radius 1 is 1.31 bits per heavy atom. The summed E-state index contributed by atoms with van der Waals surface area (Å²) in [7, 11) is 0. The molecule has 0 aliphatic rings. The number of rotatable bonds is 3. The van der Waals surface area contributed by atoms with Crippen LogP contribution in [0.15, 0.2) is 35.8 Å². The number of ketones is 1. The molecule has 1 heterocycles. The zero-order chi connectivity index (χ0) is 10.7. The number of carbonyl (C=O) groups excluding carboxylic acids is 1. The Kier molecular flexibility index (Phi) is 5.12. The average Bonchev–Trinajstić information content (AvgIpc) is 2.71. The van der Waals surface area contributed by atoms with Gasteiger partial charge < -0.3 is 0 Å². The topological polar surface area (TPSA) is 30.0 Å². The minimum absolute atomic E-state index is 0. The predicted octanol–water partition coefficient (Wildman–Crippen LogP) is 3.80. The summed E-state index contributed by atoms with van der Waals surface area (Å²) in [6, 6.07) is 6.91. The van der Waals surface area contributed by atoms with Gasteiger partial charge in [0.1, 0.15) is 5.01 Å². The molecular weight excluding hydrogens is 310 g/mol. The van der Waals surface area contributed by atoms with E-state index in [2.05, 4.69) is 4.98 Å². The van der Waals surface area contributed by atoms with Crippen LogP contribution in [-0.4, -0.2) is 10.8 Å². The summed E-state index contributed by atoms with van der Waals surface area (Å²) in [6.07, 6.45) is 2.06. The van der Waals surface area contributed by atoms with Crippen LogP contribution in [0, 0.1) is 0 Å². The van der Waals surface area contributed by atoms with Crippen molar-refractivity contribution in [2.75, 3.05) is 0 Å². The standard InChI is InChI=1S/C11H8ClNOS.BrH/c12-9-3-1-8(2-4-9)10(14)7-11-13-5-6-15-11;/h1-6H,7H2;1H. The lowest BCUT2D eigenvalue weighted by molar-refractivity contribution is 0.0993. The Labute approximate surface area is 113 Å². The number of nitrogens with zero attached hydrogens (tertiary/aromatic N) is 1. The molecule has 0 amide bonds. The first kappa shape index (κ1) is 13.4.